The van der Waals surface area contributed by atoms with E-state index < -0.39 is 10.0 Å². The molecule has 31 heavy (non-hydrogen) atoms. The third-order valence-electron chi connectivity index (χ3n) is 5.82. The largest absolute Gasteiger partial charge is 0.349 e. The first kappa shape index (κ1) is 21.7. The van der Waals surface area contributed by atoms with E-state index in [4.69, 9.17) is 11.6 Å². The number of pyridine rings is 1. The number of piperidine rings is 1. The highest BCUT2D eigenvalue weighted by molar-refractivity contribution is 7.89. The second kappa shape index (κ2) is 8.94. The molecule has 0 bridgehead atoms. The highest BCUT2D eigenvalue weighted by Gasteiger charge is 2.33. The number of carbonyl (C=O) groups is 1. The summed E-state index contributed by atoms with van der Waals surface area (Å²) in [4.78, 5) is 16.8. The van der Waals surface area contributed by atoms with E-state index in [1.807, 2.05) is 31.2 Å². The summed E-state index contributed by atoms with van der Waals surface area (Å²) in [6.45, 7) is 2.52. The van der Waals surface area contributed by atoms with Crippen LogP contribution in [0.5, 0.6) is 0 Å². The molecule has 8 heteroatoms. The first-order valence-electron chi connectivity index (χ1n) is 10.3. The molecule has 0 spiro atoms. The van der Waals surface area contributed by atoms with Gasteiger partial charge in [0.25, 0.3) is 0 Å². The van der Waals surface area contributed by atoms with Crippen LogP contribution in [-0.4, -0.2) is 36.7 Å². The Morgan fingerprint density at radius 3 is 2.55 bits per heavy atom. The molecule has 1 aromatic heterocycles. The minimum Gasteiger partial charge on any atom is -0.349 e. The molecule has 1 N–H and O–H groups in total. The van der Waals surface area contributed by atoms with Crippen LogP contribution < -0.4 is 5.32 Å². The zero-order chi connectivity index (χ0) is 22.0. The van der Waals surface area contributed by atoms with Gasteiger partial charge < -0.3 is 5.32 Å². The average molecular weight is 458 g/mol. The summed E-state index contributed by atoms with van der Waals surface area (Å²) >= 11 is 5.98. The van der Waals surface area contributed by atoms with Gasteiger partial charge in [0.1, 0.15) is 10.0 Å². The highest BCUT2D eigenvalue weighted by Crippen LogP contribution is 2.28. The van der Waals surface area contributed by atoms with Crippen LogP contribution in [0.3, 0.4) is 0 Å². The van der Waals surface area contributed by atoms with E-state index >= 15 is 0 Å². The molecule has 1 aliphatic heterocycles. The lowest BCUT2D eigenvalue weighted by atomic mass is 9.95. The van der Waals surface area contributed by atoms with E-state index in [2.05, 4.69) is 28.5 Å². The van der Waals surface area contributed by atoms with Crippen LogP contribution in [0, 0.1) is 5.92 Å². The van der Waals surface area contributed by atoms with Crippen molar-refractivity contribution in [1.82, 2.24) is 14.6 Å². The molecule has 2 heterocycles. The summed E-state index contributed by atoms with van der Waals surface area (Å²) in [6, 6.07) is 17.0. The molecule has 2 aromatic carbocycles. The predicted molar refractivity (Wildman–Crippen MR) is 121 cm³/mol. The molecule has 1 aliphatic rings. The number of amides is 1. The number of nitrogens with one attached hydrogen (secondary N) is 1. The standard InChI is InChI=1S/C23H24ClN3O3S/c1-16(19-9-4-7-17-6-2-3-8-20(17)19)26-23(28)18-11-14-27(15-12-18)31(29,30)21-10-5-13-25-22(21)24/h2-10,13,16,18H,11-12,14-15H2,1H3,(H,26,28). The summed E-state index contributed by atoms with van der Waals surface area (Å²) in [5, 5.41) is 5.33. The topological polar surface area (TPSA) is 79.4 Å². The van der Waals surface area contributed by atoms with Crippen molar-refractivity contribution in [3.63, 3.8) is 0 Å². The summed E-state index contributed by atoms with van der Waals surface area (Å²) in [7, 11) is -3.73. The number of carbonyl (C=O) groups excluding carboxylic acids is 1. The SMILES string of the molecule is CC(NC(=O)C1CCN(S(=O)(=O)c2cccnc2Cl)CC1)c1cccc2ccccc12. The van der Waals surface area contributed by atoms with Crippen LogP contribution in [0.1, 0.15) is 31.4 Å². The molecular weight excluding hydrogens is 434 g/mol. The van der Waals surface area contributed by atoms with E-state index in [-0.39, 0.29) is 41.0 Å². The van der Waals surface area contributed by atoms with Crippen molar-refractivity contribution in [3.8, 4) is 0 Å². The average Bonchev–Trinajstić information content (AvgIpc) is 2.79. The van der Waals surface area contributed by atoms with Crippen molar-refractivity contribution in [2.75, 3.05) is 13.1 Å². The molecule has 1 amide bonds. The van der Waals surface area contributed by atoms with Gasteiger partial charge in [-0.25, -0.2) is 13.4 Å². The Kier molecular flexibility index (Phi) is 6.27. The van der Waals surface area contributed by atoms with Gasteiger partial charge in [0.05, 0.1) is 6.04 Å². The van der Waals surface area contributed by atoms with Crippen molar-refractivity contribution >= 4 is 38.3 Å². The molecule has 6 nitrogen and oxygen atoms in total. The first-order valence-corrected chi connectivity index (χ1v) is 12.1. The second-order valence-corrected chi connectivity index (χ2v) is 10.0. The van der Waals surface area contributed by atoms with Crippen molar-refractivity contribution in [2.45, 2.75) is 30.7 Å². The predicted octanol–water partition coefficient (Wildman–Crippen LogP) is 4.17. The third-order valence-corrected chi connectivity index (χ3v) is 8.16. The molecule has 0 aliphatic carbocycles. The fourth-order valence-corrected chi connectivity index (χ4v) is 6.00. The van der Waals surface area contributed by atoms with Crippen molar-refractivity contribution in [2.24, 2.45) is 5.92 Å². The van der Waals surface area contributed by atoms with E-state index in [9.17, 15) is 13.2 Å². The normalized spacial score (nSPS) is 16.8. The number of aromatic nitrogens is 1. The zero-order valence-electron chi connectivity index (χ0n) is 17.2. The van der Waals surface area contributed by atoms with E-state index in [0.29, 0.717) is 12.8 Å². The van der Waals surface area contributed by atoms with Crippen LogP contribution in [-0.2, 0) is 14.8 Å². The Hall–Kier alpha value is -2.48. The molecule has 1 fully saturated rings. The smallest absolute Gasteiger partial charge is 0.246 e. The van der Waals surface area contributed by atoms with Crippen molar-refractivity contribution in [3.05, 3.63) is 71.5 Å². The summed E-state index contributed by atoms with van der Waals surface area (Å²) in [6.07, 6.45) is 2.38. The monoisotopic (exact) mass is 457 g/mol. The molecule has 162 valence electrons. The molecule has 0 saturated carbocycles. The molecule has 0 radical (unpaired) electrons. The Morgan fingerprint density at radius 2 is 1.81 bits per heavy atom. The number of hydrogen-bond donors (Lipinski definition) is 1. The summed E-state index contributed by atoms with van der Waals surface area (Å²) in [5.41, 5.74) is 1.07. The molecule has 4 rings (SSSR count). The van der Waals surface area contributed by atoms with Crippen molar-refractivity contribution < 1.29 is 13.2 Å². The van der Waals surface area contributed by atoms with Gasteiger partial charge in [-0.2, -0.15) is 4.31 Å². The molecule has 1 saturated heterocycles. The molecule has 3 aromatic rings. The van der Waals surface area contributed by atoms with Gasteiger partial charge in [-0.05, 0) is 48.2 Å². The lowest BCUT2D eigenvalue weighted by molar-refractivity contribution is -0.126. The first-order chi connectivity index (χ1) is 14.9. The highest BCUT2D eigenvalue weighted by atomic mass is 35.5. The fraction of sp³-hybridized carbons (Fsp3) is 0.304. The maximum Gasteiger partial charge on any atom is 0.246 e. The van der Waals surface area contributed by atoms with Gasteiger partial charge >= 0.3 is 0 Å². The van der Waals surface area contributed by atoms with E-state index in [1.165, 1.54) is 16.6 Å². The summed E-state index contributed by atoms with van der Waals surface area (Å²) in [5.74, 6) is -0.273. The Morgan fingerprint density at radius 1 is 1.10 bits per heavy atom. The van der Waals surface area contributed by atoms with Crippen LogP contribution in [0.25, 0.3) is 10.8 Å². The number of halogens is 1. The number of hydrogen-bond acceptors (Lipinski definition) is 4. The van der Waals surface area contributed by atoms with Gasteiger partial charge in [0.2, 0.25) is 15.9 Å². The fourth-order valence-electron chi connectivity index (χ4n) is 4.10. The number of benzene rings is 2. The number of rotatable bonds is 5. The van der Waals surface area contributed by atoms with Crippen LogP contribution in [0.4, 0.5) is 0 Å². The van der Waals surface area contributed by atoms with Crippen molar-refractivity contribution in [1.29, 1.82) is 0 Å². The van der Waals surface area contributed by atoms with Gasteiger partial charge in [-0.1, -0.05) is 54.1 Å². The number of sulfonamides is 1. The Labute approximate surface area is 187 Å². The van der Waals surface area contributed by atoms with Crippen LogP contribution >= 0.6 is 11.6 Å². The molecule has 1 unspecified atom stereocenters. The minimum atomic E-state index is -3.73. The Balaban J connectivity index is 1.41. The molecular formula is C23H24ClN3O3S. The van der Waals surface area contributed by atoms with Gasteiger partial charge in [-0.15, -0.1) is 0 Å². The van der Waals surface area contributed by atoms with E-state index in [0.717, 1.165) is 16.3 Å². The quantitative estimate of drug-likeness (QED) is 0.583. The lowest BCUT2D eigenvalue weighted by Crippen LogP contribution is -2.43. The maximum atomic E-state index is 12.9. The summed E-state index contributed by atoms with van der Waals surface area (Å²) < 4.78 is 27.1. The van der Waals surface area contributed by atoms with Crippen LogP contribution in [0.2, 0.25) is 5.15 Å². The number of nitrogens with zero attached hydrogens (tertiary/aromatic N) is 2. The zero-order valence-corrected chi connectivity index (χ0v) is 18.7. The number of fused-ring (bicyclic) bond motifs is 1. The van der Waals surface area contributed by atoms with Gasteiger partial charge in [0.15, 0.2) is 0 Å². The second-order valence-electron chi connectivity index (χ2n) is 7.77. The minimum absolute atomic E-state index is 0.00384. The lowest BCUT2D eigenvalue weighted by Gasteiger charge is -2.31. The van der Waals surface area contributed by atoms with Gasteiger partial charge in [0, 0.05) is 25.2 Å². The molecule has 1 atom stereocenters. The maximum absolute atomic E-state index is 12.9. The third kappa shape index (κ3) is 4.44. The Bertz CT molecular complexity index is 1200. The van der Waals surface area contributed by atoms with Crippen LogP contribution in [0.15, 0.2) is 65.7 Å². The van der Waals surface area contributed by atoms with Gasteiger partial charge in [-0.3, -0.25) is 4.79 Å². The van der Waals surface area contributed by atoms with E-state index in [1.54, 1.807) is 6.07 Å².